The lowest BCUT2D eigenvalue weighted by Crippen LogP contribution is -2.38. The lowest BCUT2D eigenvalue weighted by molar-refractivity contribution is -0.385. The van der Waals surface area contributed by atoms with Crippen molar-refractivity contribution in [1.82, 2.24) is 9.88 Å². The molecule has 6 nitrogen and oxygen atoms in total. The minimum absolute atomic E-state index is 0.0185. The highest BCUT2D eigenvalue weighted by Crippen LogP contribution is 2.25. The summed E-state index contributed by atoms with van der Waals surface area (Å²) >= 11 is 5.75. The topological polar surface area (TPSA) is 76.3 Å². The number of nitro groups is 1. The van der Waals surface area contributed by atoms with Gasteiger partial charge < -0.3 is 4.90 Å². The van der Waals surface area contributed by atoms with Crippen LogP contribution in [-0.4, -0.2) is 33.8 Å². The molecule has 2 heterocycles. The molecule has 2 rings (SSSR count). The van der Waals surface area contributed by atoms with Crippen molar-refractivity contribution in [2.75, 3.05) is 13.1 Å². The number of hydrogen-bond donors (Lipinski definition) is 0. The van der Waals surface area contributed by atoms with Gasteiger partial charge >= 0.3 is 0 Å². The molecule has 0 radical (unpaired) electrons. The molecule has 1 saturated heterocycles. The van der Waals surface area contributed by atoms with Gasteiger partial charge in [0.2, 0.25) is 0 Å². The number of rotatable bonds is 3. The molecule has 1 aliphatic heterocycles. The van der Waals surface area contributed by atoms with Gasteiger partial charge in [-0.1, -0.05) is 24.9 Å². The fourth-order valence-electron chi connectivity index (χ4n) is 2.45. The normalized spacial score (nSPS) is 16.2. The maximum atomic E-state index is 12.4. The average Bonchev–Trinajstić information content (AvgIpc) is 2.46. The molecule has 0 atom stereocenters. The number of aromatic nitrogens is 1. The zero-order valence-corrected chi connectivity index (χ0v) is 12.0. The highest BCUT2D eigenvalue weighted by molar-refractivity contribution is 6.29. The Bertz CT molecular complexity index is 528. The van der Waals surface area contributed by atoms with Gasteiger partial charge in [0.05, 0.1) is 4.92 Å². The molecule has 1 fully saturated rings. The number of carbonyl (C=O) groups excluding carboxylic acids is 1. The van der Waals surface area contributed by atoms with Crippen LogP contribution in [0.25, 0.3) is 0 Å². The summed E-state index contributed by atoms with van der Waals surface area (Å²) in [6.07, 6.45) is 4.02. The Kier molecular flexibility index (Phi) is 4.54. The molecule has 1 aromatic heterocycles. The van der Waals surface area contributed by atoms with Gasteiger partial charge in [-0.05, 0) is 24.8 Å². The van der Waals surface area contributed by atoms with E-state index in [2.05, 4.69) is 11.9 Å². The maximum Gasteiger partial charge on any atom is 0.300 e. The first-order chi connectivity index (χ1) is 9.52. The summed E-state index contributed by atoms with van der Waals surface area (Å²) in [5.41, 5.74) is -0.276. The monoisotopic (exact) mass is 297 g/mol. The highest BCUT2D eigenvalue weighted by atomic mass is 35.5. The third kappa shape index (κ3) is 3.07. The molecule has 108 valence electrons. The Morgan fingerprint density at radius 3 is 2.75 bits per heavy atom. The van der Waals surface area contributed by atoms with Crippen LogP contribution in [0.4, 0.5) is 5.69 Å². The molecule has 0 saturated carbocycles. The Labute approximate surface area is 121 Å². The number of halogens is 1. The minimum atomic E-state index is -0.602. The number of carbonyl (C=O) groups is 1. The SMILES string of the molecule is CCC1CCN(C(=O)c2cc(Cl)ncc2[N+](=O)[O-])CC1. The largest absolute Gasteiger partial charge is 0.338 e. The Balaban J connectivity index is 2.21. The van der Waals surface area contributed by atoms with Crippen LogP contribution >= 0.6 is 11.6 Å². The van der Waals surface area contributed by atoms with Crippen LogP contribution in [0.15, 0.2) is 12.3 Å². The van der Waals surface area contributed by atoms with Gasteiger partial charge in [-0.2, -0.15) is 0 Å². The van der Waals surface area contributed by atoms with Crippen molar-refractivity contribution < 1.29 is 9.72 Å². The maximum absolute atomic E-state index is 12.4. The fraction of sp³-hybridized carbons (Fsp3) is 0.538. The van der Waals surface area contributed by atoms with Crippen molar-refractivity contribution in [3.63, 3.8) is 0 Å². The van der Waals surface area contributed by atoms with Crippen LogP contribution in [0.2, 0.25) is 5.15 Å². The predicted octanol–water partition coefficient (Wildman–Crippen LogP) is 2.91. The summed E-state index contributed by atoms with van der Waals surface area (Å²) in [6.45, 7) is 3.40. The summed E-state index contributed by atoms with van der Waals surface area (Å²) in [7, 11) is 0. The van der Waals surface area contributed by atoms with E-state index in [1.165, 1.54) is 6.07 Å². The predicted molar refractivity (Wildman–Crippen MR) is 74.8 cm³/mol. The van der Waals surface area contributed by atoms with Crippen molar-refractivity contribution in [3.05, 3.63) is 33.1 Å². The zero-order valence-electron chi connectivity index (χ0n) is 11.2. The van der Waals surface area contributed by atoms with E-state index in [4.69, 9.17) is 11.6 Å². The van der Waals surface area contributed by atoms with E-state index in [0.717, 1.165) is 25.5 Å². The number of pyridine rings is 1. The van der Waals surface area contributed by atoms with Crippen molar-refractivity contribution in [1.29, 1.82) is 0 Å². The van der Waals surface area contributed by atoms with E-state index >= 15 is 0 Å². The third-order valence-corrected chi connectivity index (χ3v) is 3.96. The van der Waals surface area contributed by atoms with Crippen molar-refractivity contribution in [3.8, 4) is 0 Å². The van der Waals surface area contributed by atoms with Gasteiger partial charge in [0.15, 0.2) is 0 Å². The number of hydrogen-bond acceptors (Lipinski definition) is 4. The van der Waals surface area contributed by atoms with E-state index in [1.807, 2.05) is 0 Å². The molecular formula is C13H16ClN3O3. The number of likely N-dealkylation sites (tertiary alicyclic amines) is 1. The zero-order chi connectivity index (χ0) is 14.7. The first-order valence-electron chi connectivity index (χ1n) is 6.62. The molecule has 1 aliphatic rings. The first kappa shape index (κ1) is 14.7. The second-order valence-corrected chi connectivity index (χ2v) is 5.31. The molecule has 7 heteroatoms. The standard InChI is InChI=1S/C13H16ClN3O3/c1-2-9-3-5-16(6-4-9)13(18)10-7-12(14)15-8-11(10)17(19)20/h7-9H,2-6H2,1H3. The van der Waals surface area contributed by atoms with Gasteiger partial charge in [-0.25, -0.2) is 4.98 Å². The lowest BCUT2D eigenvalue weighted by atomic mass is 9.94. The summed E-state index contributed by atoms with van der Waals surface area (Å²) < 4.78 is 0. The molecule has 0 unspecified atom stereocenters. The highest BCUT2D eigenvalue weighted by Gasteiger charge is 2.28. The molecule has 1 amide bonds. The smallest absolute Gasteiger partial charge is 0.300 e. The second-order valence-electron chi connectivity index (χ2n) is 4.93. The number of amides is 1. The van der Waals surface area contributed by atoms with E-state index in [9.17, 15) is 14.9 Å². The van der Waals surface area contributed by atoms with Crippen molar-refractivity contribution >= 4 is 23.2 Å². The molecule has 0 bridgehead atoms. The van der Waals surface area contributed by atoms with E-state index in [0.29, 0.717) is 19.0 Å². The van der Waals surface area contributed by atoms with Crippen LogP contribution in [-0.2, 0) is 0 Å². The summed E-state index contributed by atoms with van der Waals surface area (Å²) in [4.78, 5) is 28.1. The third-order valence-electron chi connectivity index (χ3n) is 3.76. The Morgan fingerprint density at radius 1 is 1.55 bits per heavy atom. The van der Waals surface area contributed by atoms with Gasteiger partial charge in [-0.15, -0.1) is 0 Å². The summed E-state index contributed by atoms with van der Waals surface area (Å²) in [5, 5.41) is 11.1. The Morgan fingerprint density at radius 2 is 2.20 bits per heavy atom. The van der Waals surface area contributed by atoms with Crippen LogP contribution in [0.3, 0.4) is 0 Å². The van der Waals surface area contributed by atoms with E-state index in [-0.39, 0.29) is 22.3 Å². The summed E-state index contributed by atoms with van der Waals surface area (Å²) in [6, 6.07) is 1.27. The van der Waals surface area contributed by atoms with Crippen LogP contribution in [0, 0.1) is 16.0 Å². The van der Waals surface area contributed by atoms with Gasteiger partial charge in [0, 0.05) is 13.1 Å². The van der Waals surface area contributed by atoms with Crippen LogP contribution in [0.1, 0.15) is 36.5 Å². The first-order valence-corrected chi connectivity index (χ1v) is 7.00. The van der Waals surface area contributed by atoms with Crippen molar-refractivity contribution in [2.45, 2.75) is 26.2 Å². The van der Waals surface area contributed by atoms with Gasteiger partial charge in [0.25, 0.3) is 11.6 Å². The molecule has 0 aliphatic carbocycles. The number of nitrogens with zero attached hydrogens (tertiary/aromatic N) is 3. The van der Waals surface area contributed by atoms with Crippen LogP contribution < -0.4 is 0 Å². The molecule has 1 aromatic rings. The quantitative estimate of drug-likeness (QED) is 0.488. The minimum Gasteiger partial charge on any atom is -0.338 e. The fourth-order valence-corrected chi connectivity index (χ4v) is 2.61. The number of piperidine rings is 1. The van der Waals surface area contributed by atoms with E-state index in [1.54, 1.807) is 4.90 Å². The van der Waals surface area contributed by atoms with Crippen LogP contribution in [0.5, 0.6) is 0 Å². The Hall–Kier alpha value is -1.69. The molecule has 0 N–H and O–H groups in total. The molecule has 0 spiro atoms. The molecular weight excluding hydrogens is 282 g/mol. The van der Waals surface area contributed by atoms with Crippen molar-refractivity contribution in [2.24, 2.45) is 5.92 Å². The van der Waals surface area contributed by atoms with Gasteiger partial charge in [0.1, 0.15) is 16.9 Å². The lowest BCUT2D eigenvalue weighted by Gasteiger charge is -2.31. The van der Waals surface area contributed by atoms with E-state index < -0.39 is 4.92 Å². The average molecular weight is 298 g/mol. The summed E-state index contributed by atoms with van der Waals surface area (Å²) in [5.74, 6) is 0.297. The second kappa shape index (κ2) is 6.17. The molecule has 20 heavy (non-hydrogen) atoms. The molecule has 0 aromatic carbocycles. The van der Waals surface area contributed by atoms with Gasteiger partial charge in [-0.3, -0.25) is 14.9 Å².